The Hall–Kier alpha value is -0.0604. The molecule has 0 N–H and O–H groups in total. The normalized spacial score (nSPS) is 9.70. The molecule has 0 aliphatic carbocycles. The summed E-state index contributed by atoms with van der Waals surface area (Å²) in [6, 6.07) is 4.27. The number of carbonyl (C=O) groups excluding carboxylic acids is 1. The molecule has 1 aromatic rings. The van der Waals surface area contributed by atoms with Crippen molar-refractivity contribution in [3.63, 3.8) is 0 Å². The molecule has 1 rings (SSSR count). The van der Waals surface area contributed by atoms with Crippen molar-refractivity contribution in [1.82, 2.24) is 0 Å². The number of rotatable bonds is 3. The number of hydrogen-bond acceptors (Lipinski definition) is 1. The van der Waals surface area contributed by atoms with Crippen LogP contribution >= 0.6 is 0 Å². The second-order valence-corrected chi connectivity index (χ2v) is 5.23. The molecule has 0 saturated carbocycles. The summed E-state index contributed by atoms with van der Waals surface area (Å²) >= 11 is 0.0134. The summed E-state index contributed by atoms with van der Waals surface area (Å²) < 4.78 is 3.76. The van der Waals surface area contributed by atoms with Crippen LogP contribution in [0.1, 0.15) is 16.9 Å². The van der Waals surface area contributed by atoms with Crippen molar-refractivity contribution in [1.29, 1.82) is 0 Å². The second-order valence-electron chi connectivity index (χ2n) is 2.28. The maximum absolute atomic E-state index is 10.6. The molecular formula is C8H10OTe. The van der Waals surface area contributed by atoms with Gasteiger partial charge in [-0.3, -0.25) is 0 Å². The summed E-state index contributed by atoms with van der Waals surface area (Å²) in [5.41, 5.74) is 0. The SMILES string of the molecule is CC(=O)CCc1ccc[te]1. The minimum atomic E-state index is 0.0134. The predicted octanol–water partition coefficient (Wildman–Crippen LogP) is 1.27. The van der Waals surface area contributed by atoms with Crippen LogP contribution in [0.25, 0.3) is 0 Å². The Morgan fingerprint density at radius 1 is 1.70 bits per heavy atom. The van der Waals surface area contributed by atoms with E-state index >= 15 is 0 Å². The molecule has 0 bridgehead atoms. The molecule has 0 amide bonds. The Balaban J connectivity index is 2.35. The van der Waals surface area contributed by atoms with Gasteiger partial charge in [-0.25, -0.2) is 0 Å². The summed E-state index contributed by atoms with van der Waals surface area (Å²) in [5, 5.41) is 0. The fourth-order valence-electron chi connectivity index (χ4n) is 0.754. The fraction of sp³-hybridized carbons (Fsp3) is 0.375. The number of carbonyl (C=O) groups is 1. The van der Waals surface area contributed by atoms with Gasteiger partial charge in [-0.1, -0.05) is 0 Å². The summed E-state index contributed by atoms with van der Waals surface area (Å²) in [5.74, 6) is 0.306. The van der Waals surface area contributed by atoms with Gasteiger partial charge >= 0.3 is 70.6 Å². The molecule has 0 radical (unpaired) electrons. The Morgan fingerprint density at radius 2 is 2.50 bits per heavy atom. The second kappa shape index (κ2) is 3.95. The number of ketones is 1. The monoisotopic (exact) mass is 252 g/mol. The third-order valence-corrected chi connectivity index (χ3v) is 3.98. The molecule has 0 spiro atoms. The minimum absolute atomic E-state index is 0.0134. The van der Waals surface area contributed by atoms with E-state index in [2.05, 4.69) is 16.2 Å². The maximum atomic E-state index is 10.6. The Bertz CT molecular complexity index is 201. The van der Waals surface area contributed by atoms with Crippen LogP contribution in [-0.4, -0.2) is 26.2 Å². The Kier molecular flexibility index (Phi) is 3.18. The Labute approximate surface area is 70.7 Å². The molecule has 10 heavy (non-hydrogen) atoms. The van der Waals surface area contributed by atoms with Crippen molar-refractivity contribution in [2.75, 3.05) is 0 Å². The number of Topliss-reactive ketones (excluding diaryl/α,β-unsaturated/α-hetero) is 1. The zero-order valence-electron chi connectivity index (χ0n) is 5.96. The van der Waals surface area contributed by atoms with Crippen LogP contribution in [0.15, 0.2) is 16.2 Å². The summed E-state index contributed by atoms with van der Waals surface area (Å²) in [6.07, 6.45) is 1.74. The summed E-state index contributed by atoms with van der Waals surface area (Å²) in [4.78, 5) is 10.6. The van der Waals surface area contributed by atoms with Crippen LogP contribution in [0.2, 0.25) is 0 Å². The molecule has 0 aliphatic rings. The van der Waals surface area contributed by atoms with Crippen molar-refractivity contribution >= 4 is 26.2 Å². The van der Waals surface area contributed by atoms with Gasteiger partial charge < -0.3 is 0 Å². The van der Waals surface area contributed by atoms with E-state index in [-0.39, 0.29) is 20.4 Å². The first kappa shape index (κ1) is 8.04. The molecule has 0 unspecified atom stereocenters. The third kappa shape index (κ3) is 2.68. The van der Waals surface area contributed by atoms with Gasteiger partial charge in [-0.2, -0.15) is 0 Å². The molecular weight excluding hydrogens is 240 g/mol. The molecule has 0 aliphatic heterocycles. The van der Waals surface area contributed by atoms with Gasteiger partial charge in [0.1, 0.15) is 0 Å². The van der Waals surface area contributed by atoms with E-state index in [0.717, 1.165) is 12.8 Å². The van der Waals surface area contributed by atoms with E-state index in [4.69, 9.17) is 0 Å². The van der Waals surface area contributed by atoms with Gasteiger partial charge in [0.15, 0.2) is 0 Å². The first-order chi connectivity index (χ1) is 4.79. The molecule has 1 aromatic heterocycles. The van der Waals surface area contributed by atoms with Crippen molar-refractivity contribution in [2.24, 2.45) is 0 Å². The predicted molar refractivity (Wildman–Crippen MR) is 42.4 cm³/mol. The van der Waals surface area contributed by atoms with Crippen molar-refractivity contribution in [3.05, 3.63) is 19.8 Å². The van der Waals surface area contributed by atoms with E-state index in [0.29, 0.717) is 5.78 Å². The Morgan fingerprint density at radius 3 is 3.00 bits per heavy atom. The number of aryl methyl sites for hydroxylation is 1. The average Bonchev–Trinajstić information content (AvgIpc) is 2.34. The fourth-order valence-corrected chi connectivity index (χ4v) is 2.78. The van der Waals surface area contributed by atoms with E-state index in [1.54, 1.807) is 6.92 Å². The molecule has 54 valence electrons. The van der Waals surface area contributed by atoms with Crippen molar-refractivity contribution < 1.29 is 4.79 Å². The van der Waals surface area contributed by atoms with E-state index in [1.807, 2.05) is 0 Å². The van der Waals surface area contributed by atoms with E-state index < -0.39 is 0 Å². The zero-order chi connectivity index (χ0) is 7.40. The van der Waals surface area contributed by atoms with Crippen molar-refractivity contribution in [3.8, 4) is 0 Å². The summed E-state index contributed by atoms with van der Waals surface area (Å²) in [7, 11) is 0. The van der Waals surface area contributed by atoms with Crippen LogP contribution < -0.4 is 0 Å². The van der Waals surface area contributed by atoms with Gasteiger partial charge in [-0.15, -0.1) is 0 Å². The van der Waals surface area contributed by atoms with Gasteiger partial charge in [-0.05, 0) is 0 Å². The van der Waals surface area contributed by atoms with Crippen LogP contribution in [0.3, 0.4) is 0 Å². The number of hydrogen-bond donors (Lipinski definition) is 0. The van der Waals surface area contributed by atoms with Gasteiger partial charge in [0.2, 0.25) is 0 Å². The topological polar surface area (TPSA) is 17.1 Å². The average molecular weight is 250 g/mol. The van der Waals surface area contributed by atoms with Crippen LogP contribution in [0, 0.1) is 0 Å². The summed E-state index contributed by atoms with van der Waals surface area (Å²) in [6.45, 7) is 1.66. The molecule has 2 heteroatoms. The van der Waals surface area contributed by atoms with Crippen LogP contribution in [0.4, 0.5) is 0 Å². The first-order valence-corrected chi connectivity index (χ1v) is 5.82. The third-order valence-electron chi connectivity index (χ3n) is 1.30. The standard InChI is InChI=1S/C8H10OTe/c1-7(9)4-5-8-3-2-6-10-8/h2-3,6H,4-5H2,1H3. The molecule has 1 heterocycles. The molecule has 0 atom stereocenters. The molecule has 0 fully saturated rings. The molecule has 1 nitrogen and oxygen atoms in total. The molecule has 0 aromatic carbocycles. The van der Waals surface area contributed by atoms with Crippen LogP contribution in [-0.2, 0) is 11.2 Å². The van der Waals surface area contributed by atoms with Gasteiger partial charge in [0, 0.05) is 0 Å². The van der Waals surface area contributed by atoms with Gasteiger partial charge in [0.05, 0.1) is 0 Å². The van der Waals surface area contributed by atoms with Crippen LogP contribution in [0.5, 0.6) is 0 Å². The van der Waals surface area contributed by atoms with Gasteiger partial charge in [0.25, 0.3) is 0 Å². The first-order valence-electron chi connectivity index (χ1n) is 3.31. The van der Waals surface area contributed by atoms with E-state index in [1.165, 1.54) is 3.58 Å². The quantitative estimate of drug-likeness (QED) is 0.738. The molecule has 0 saturated heterocycles. The van der Waals surface area contributed by atoms with Crippen molar-refractivity contribution in [2.45, 2.75) is 19.8 Å². The zero-order valence-corrected chi connectivity index (χ0v) is 8.29. The van der Waals surface area contributed by atoms with E-state index in [9.17, 15) is 4.79 Å².